The SMILES string of the molecule is COc1ccc(N(CC(=O)NCCOCc2ccccc2)S(=O)(=O)c2ccccc2)cc1Cl. The first kappa shape index (κ1) is 24.6. The van der Waals surface area contributed by atoms with Crippen molar-refractivity contribution in [2.75, 3.05) is 31.1 Å². The van der Waals surface area contributed by atoms with Crippen molar-refractivity contribution in [3.8, 4) is 5.75 Å². The van der Waals surface area contributed by atoms with Gasteiger partial charge in [0.1, 0.15) is 12.3 Å². The fraction of sp³-hybridized carbons (Fsp3) is 0.208. The molecule has 3 rings (SSSR count). The van der Waals surface area contributed by atoms with Gasteiger partial charge in [-0.25, -0.2) is 8.42 Å². The Balaban J connectivity index is 1.69. The highest BCUT2D eigenvalue weighted by Gasteiger charge is 2.27. The Kier molecular flexibility index (Phi) is 8.71. The number of amides is 1. The second kappa shape index (κ2) is 11.7. The van der Waals surface area contributed by atoms with Gasteiger partial charge < -0.3 is 14.8 Å². The summed E-state index contributed by atoms with van der Waals surface area (Å²) in [6, 6.07) is 22.1. The van der Waals surface area contributed by atoms with Crippen LogP contribution in [0.1, 0.15) is 5.56 Å². The Morgan fingerprint density at radius 1 is 1.00 bits per heavy atom. The van der Waals surface area contributed by atoms with Gasteiger partial charge in [-0.2, -0.15) is 0 Å². The second-order valence-corrected chi connectivity index (χ2v) is 9.30. The number of nitrogens with one attached hydrogen (secondary N) is 1. The van der Waals surface area contributed by atoms with Crippen LogP contribution in [-0.2, 0) is 26.2 Å². The lowest BCUT2D eigenvalue weighted by Gasteiger charge is -2.24. The fourth-order valence-electron chi connectivity index (χ4n) is 3.06. The van der Waals surface area contributed by atoms with Crippen molar-refractivity contribution in [2.24, 2.45) is 0 Å². The fourth-order valence-corrected chi connectivity index (χ4v) is 4.74. The summed E-state index contributed by atoms with van der Waals surface area (Å²) in [4.78, 5) is 12.7. The number of anilines is 1. The van der Waals surface area contributed by atoms with Gasteiger partial charge in [0.05, 0.1) is 35.9 Å². The minimum absolute atomic E-state index is 0.0657. The molecule has 0 fully saturated rings. The van der Waals surface area contributed by atoms with Gasteiger partial charge in [-0.05, 0) is 35.9 Å². The highest BCUT2D eigenvalue weighted by Crippen LogP contribution is 2.31. The van der Waals surface area contributed by atoms with Gasteiger partial charge in [0.25, 0.3) is 10.0 Å². The first-order chi connectivity index (χ1) is 15.9. The zero-order valence-corrected chi connectivity index (χ0v) is 19.7. The number of halogens is 1. The lowest BCUT2D eigenvalue weighted by atomic mass is 10.2. The molecule has 0 bridgehead atoms. The van der Waals surface area contributed by atoms with Gasteiger partial charge in [-0.15, -0.1) is 0 Å². The number of ether oxygens (including phenoxy) is 2. The highest BCUT2D eigenvalue weighted by atomic mass is 35.5. The molecule has 33 heavy (non-hydrogen) atoms. The molecule has 1 amide bonds. The number of rotatable bonds is 11. The molecule has 7 nitrogen and oxygen atoms in total. The minimum atomic E-state index is -4.02. The first-order valence-corrected chi connectivity index (χ1v) is 12.0. The van der Waals surface area contributed by atoms with E-state index >= 15 is 0 Å². The largest absolute Gasteiger partial charge is 0.495 e. The molecular formula is C24H25ClN2O5S. The third-order valence-corrected chi connectivity index (χ3v) is 6.81. The molecule has 3 aromatic carbocycles. The summed E-state index contributed by atoms with van der Waals surface area (Å²) >= 11 is 6.21. The van der Waals surface area contributed by atoms with E-state index in [4.69, 9.17) is 21.1 Å². The van der Waals surface area contributed by atoms with E-state index in [1.807, 2.05) is 30.3 Å². The number of nitrogens with zero attached hydrogens (tertiary/aromatic N) is 1. The van der Waals surface area contributed by atoms with Crippen molar-refractivity contribution >= 4 is 33.2 Å². The maximum atomic E-state index is 13.3. The van der Waals surface area contributed by atoms with E-state index in [0.29, 0.717) is 19.0 Å². The minimum Gasteiger partial charge on any atom is -0.495 e. The summed E-state index contributed by atoms with van der Waals surface area (Å²) in [6.45, 7) is 0.544. The molecule has 0 saturated heterocycles. The summed E-state index contributed by atoms with van der Waals surface area (Å²) in [6.07, 6.45) is 0. The molecule has 174 valence electrons. The summed E-state index contributed by atoms with van der Waals surface area (Å²) < 4.78 is 38.4. The molecule has 0 aromatic heterocycles. The molecule has 0 unspecified atom stereocenters. The zero-order chi connectivity index (χ0) is 23.7. The topological polar surface area (TPSA) is 84.9 Å². The van der Waals surface area contributed by atoms with E-state index in [1.54, 1.807) is 30.3 Å². The van der Waals surface area contributed by atoms with Crippen LogP contribution in [0.5, 0.6) is 5.75 Å². The summed E-state index contributed by atoms with van der Waals surface area (Å²) in [5.74, 6) is -0.0674. The zero-order valence-electron chi connectivity index (χ0n) is 18.1. The van der Waals surface area contributed by atoms with Crippen LogP contribution in [0, 0.1) is 0 Å². The molecule has 0 spiro atoms. The maximum absolute atomic E-state index is 13.3. The lowest BCUT2D eigenvalue weighted by molar-refractivity contribution is -0.119. The van der Waals surface area contributed by atoms with Crippen molar-refractivity contribution in [2.45, 2.75) is 11.5 Å². The number of hydrogen-bond donors (Lipinski definition) is 1. The monoisotopic (exact) mass is 488 g/mol. The van der Waals surface area contributed by atoms with Crippen LogP contribution in [0.3, 0.4) is 0 Å². The maximum Gasteiger partial charge on any atom is 0.264 e. The predicted octanol–water partition coefficient (Wildman–Crippen LogP) is 3.88. The Morgan fingerprint density at radius 2 is 1.67 bits per heavy atom. The molecule has 1 N–H and O–H groups in total. The first-order valence-electron chi connectivity index (χ1n) is 10.2. The van der Waals surface area contributed by atoms with Crippen LogP contribution in [0.15, 0.2) is 83.8 Å². The lowest BCUT2D eigenvalue weighted by Crippen LogP contribution is -2.41. The molecule has 0 aliphatic rings. The Labute approximate surface area is 198 Å². The molecule has 3 aromatic rings. The van der Waals surface area contributed by atoms with Gasteiger partial charge in [0.15, 0.2) is 0 Å². The van der Waals surface area contributed by atoms with E-state index in [0.717, 1.165) is 9.87 Å². The molecule has 9 heteroatoms. The summed E-state index contributed by atoms with van der Waals surface area (Å²) in [5, 5.41) is 2.94. The molecule has 0 heterocycles. The Bertz CT molecular complexity index is 1160. The normalized spacial score (nSPS) is 11.1. The quantitative estimate of drug-likeness (QED) is 0.414. The van der Waals surface area contributed by atoms with Crippen molar-refractivity contribution in [1.29, 1.82) is 0 Å². The van der Waals surface area contributed by atoms with Crippen molar-refractivity contribution < 1.29 is 22.7 Å². The third-order valence-electron chi connectivity index (χ3n) is 4.72. The summed E-state index contributed by atoms with van der Waals surface area (Å²) in [5.41, 5.74) is 1.28. The van der Waals surface area contributed by atoms with Crippen LogP contribution in [0.2, 0.25) is 5.02 Å². The van der Waals surface area contributed by atoms with Gasteiger partial charge in [0.2, 0.25) is 5.91 Å². The summed E-state index contributed by atoms with van der Waals surface area (Å²) in [7, 11) is -2.55. The van der Waals surface area contributed by atoms with E-state index < -0.39 is 22.5 Å². The molecule has 0 saturated carbocycles. The average Bonchev–Trinajstić information content (AvgIpc) is 2.83. The third kappa shape index (κ3) is 6.71. The van der Waals surface area contributed by atoms with E-state index in [1.165, 1.54) is 25.3 Å². The van der Waals surface area contributed by atoms with Gasteiger partial charge in [-0.1, -0.05) is 60.1 Å². The number of hydrogen-bond acceptors (Lipinski definition) is 5. The van der Waals surface area contributed by atoms with Gasteiger partial charge in [-0.3, -0.25) is 9.10 Å². The number of methoxy groups -OCH3 is 1. The van der Waals surface area contributed by atoms with Crippen molar-refractivity contribution in [3.63, 3.8) is 0 Å². The molecule has 0 aliphatic carbocycles. The molecule has 0 aliphatic heterocycles. The van der Waals surface area contributed by atoms with Crippen LogP contribution >= 0.6 is 11.6 Å². The van der Waals surface area contributed by atoms with Gasteiger partial charge >= 0.3 is 0 Å². The number of sulfonamides is 1. The van der Waals surface area contributed by atoms with Crippen LogP contribution in [-0.4, -0.2) is 41.1 Å². The molecular weight excluding hydrogens is 464 g/mol. The molecule has 0 radical (unpaired) electrons. The highest BCUT2D eigenvalue weighted by molar-refractivity contribution is 7.92. The van der Waals surface area contributed by atoms with E-state index in [9.17, 15) is 13.2 Å². The average molecular weight is 489 g/mol. The standard InChI is InChI=1S/C24H25ClN2O5S/c1-31-23-13-12-20(16-22(23)25)27(33(29,30)21-10-6-3-7-11-21)17-24(28)26-14-15-32-18-19-8-4-2-5-9-19/h2-13,16H,14-15,17-18H2,1H3,(H,26,28). The Hall–Kier alpha value is -3.07. The van der Waals surface area contributed by atoms with Crippen LogP contribution < -0.4 is 14.4 Å². The number of carbonyl (C=O) groups excluding carboxylic acids is 1. The number of benzene rings is 3. The predicted molar refractivity (Wildman–Crippen MR) is 128 cm³/mol. The smallest absolute Gasteiger partial charge is 0.264 e. The van der Waals surface area contributed by atoms with Gasteiger partial charge in [0, 0.05) is 6.54 Å². The molecule has 0 atom stereocenters. The van der Waals surface area contributed by atoms with E-state index in [2.05, 4.69) is 5.32 Å². The second-order valence-electron chi connectivity index (χ2n) is 7.03. The van der Waals surface area contributed by atoms with Crippen LogP contribution in [0.4, 0.5) is 5.69 Å². The number of carbonyl (C=O) groups is 1. The van der Waals surface area contributed by atoms with Crippen molar-refractivity contribution in [3.05, 3.63) is 89.4 Å². The van der Waals surface area contributed by atoms with E-state index in [-0.39, 0.29) is 22.2 Å². The van der Waals surface area contributed by atoms with Crippen LogP contribution in [0.25, 0.3) is 0 Å². The Morgan fingerprint density at radius 3 is 2.30 bits per heavy atom. The van der Waals surface area contributed by atoms with Crippen molar-refractivity contribution in [1.82, 2.24) is 5.32 Å².